The number of nitrogens with one attached hydrogen (secondary N) is 3. The number of pyridine rings is 1. The summed E-state index contributed by atoms with van der Waals surface area (Å²) < 4.78 is 85.1. The van der Waals surface area contributed by atoms with Crippen molar-refractivity contribution in [3.05, 3.63) is 95.6 Å². The van der Waals surface area contributed by atoms with Crippen LogP contribution in [0.3, 0.4) is 0 Å². The molecule has 0 aliphatic carbocycles. The molecule has 3 N–H and O–H groups in total. The van der Waals surface area contributed by atoms with Gasteiger partial charge in [-0.15, -0.1) is 0 Å². The molecule has 14 heteroatoms. The molecule has 0 spiro atoms. The van der Waals surface area contributed by atoms with E-state index in [1.54, 1.807) is 23.2 Å². The van der Waals surface area contributed by atoms with Gasteiger partial charge in [-0.05, 0) is 42.8 Å². The van der Waals surface area contributed by atoms with E-state index in [4.69, 9.17) is 0 Å². The van der Waals surface area contributed by atoms with Crippen molar-refractivity contribution >= 4 is 38.5 Å². The molecule has 0 fully saturated rings. The van der Waals surface area contributed by atoms with Crippen molar-refractivity contribution in [1.82, 2.24) is 19.9 Å². The quantitative estimate of drug-likeness (QED) is 0.105. The third-order valence-corrected chi connectivity index (χ3v) is 7.70. The highest BCUT2D eigenvalue weighted by Crippen LogP contribution is 2.30. The molecular weight excluding hydrogens is 576 g/mol. The molecule has 0 saturated heterocycles. The minimum atomic E-state index is -4.85. The van der Waals surface area contributed by atoms with Gasteiger partial charge < -0.3 is 10.3 Å². The molecule has 3 aromatic heterocycles. The van der Waals surface area contributed by atoms with Crippen LogP contribution < -0.4 is 10.0 Å². The molecule has 0 radical (unpaired) electrons. The van der Waals surface area contributed by atoms with Crippen LogP contribution in [0.4, 0.5) is 29.2 Å². The molecular formula is C28H22F4N6O3S. The second-order valence-electron chi connectivity index (χ2n) is 9.19. The molecule has 5 rings (SSSR count). The van der Waals surface area contributed by atoms with Crippen LogP contribution >= 0.6 is 0 Å². The summed E-state index contributed by atoms with van der Waals surface area (Å²) in [6.45, 7) is 2.78. The zero-order valence-electron chi connectivity index (χ0n) is 21.9. The summed E-state index contributed by atoms with van der Waals surface area (Å²) in [5.41, 5.74) is -0.703. The number of unbranched alkanes of at least 4 members (excludes halogenated alkanes) is 1. The fourth-order valence-corrected chi connectivity index (χ4v) is 5.30. The van der Waals surface area contributed by atoms with E-state index in [0.29, 0.717) is 41.3 Å². The Balaban J connectivity index is 1.48. The summed E-state index contributed by atoms with van der Waals surface area (Å²) in [5, 5.41) is 3.33. The topological polar surface area (TPSA) is 130 Å². The van der Waals surface area contributed by atoms with Gasteiger partial charge in [-0.3, -0.25) is 9.52 Å². The maximum absolute atomic E-state index is 15.5. The molecule has 0 aliphatic rings. The minimum Gasteiger partial charge on any atom is -0.354 e. The summed E-state index contributed by atoms with van der Waals surface area (Å²) in [7, 11) is -4.85. The number of rotatable bonds is 10. The summed E-state index contributed by atoms with van der Waals surface area (Å²) in [5.74, 6) is -5.82. The van der Waals surface area contributed by atoms with Crippen molar-refractivity contribution in [1.29, 1.82) is 0 Å². The van der Waals surface area contributed by atoms with Crippen LogP contribution in [0.25, 0.3) is 22.2 Å². The number of aromatic nitrogens is 4. The Morgan fingerprint density at radius 1 is 0.929 bits per heavy atom. The highest BCUT2D eigenvalue weighted by molar-refractivity contribution is 7.92. The molecule has 5 aromatic rings. The van der Waals surface area contributed by atoms with E-state index in [1.165, 1.54) is 12.4 Å². The summed E-state index contributed by atoms with van der Waals surface area (Å²) in [6, 6.07) is 4.68. The highest BCUT2D eigenvalue weighted by Gasteiger charge is 2.28. The van der Waals surface area contributed by atoms with Gasteiger partial charge in [-0.2, -0.15) is 0 Å². The molecule has 2 aromatic carbocycles. The zero-order valence-corrected chi connectivity index (χ0v) is 22.7. The lowest BCUT2D eigenvalue weighted by Gasteiger charge is -2.12. The van der Waals surface area contributed by atoms with Crippen LogP contribution in [-0.4, -0.2) is 40.7 Å². The van der Waals surface area contributed by atoms with Gasteiger partial charge in [0.1, 0.15) is 28.0 Å². The molecule has 0 saturated carbocycles. The predicted molar refractivity (Wildman–Crippen MR) is 147 cm³/mol. The number of ketones is 1. The molecule has 3 heterocycles. The number of carbonyl (C=O) groups is 1. The Labute approximate surface area is 237 Å². The van der Waals surface area contributed by atoms with E-state index in [9.17, 15) is 26.4 Å². The number of anilines is 2. The minimum absolute atomic E-state index is 0.146. The van der Waals surface area contributed by atoms with Gasteiger partial charge in [0.2, 0.25) is 11.7 Å². The Morgan fingerprint density at radius 3 is 2.38 bits per heavy atom. The van der Waals surface area contributed by atoms with Gasteiger partial charge in [-0.25, -0.2) is 40.9 Å². The summed E-state index contributed by atoms with van der Waals surface area (Å²) in [4.78, 5) is 27.9. The Hall–Kier alpha value is -4.85. The van der Waals surface area contributed by atoms with Crippen LogP contribution in [0.5, 0.6) is 0 Å². The SMILES string of the molecule is CCCCNc1ncc(-c2cnc3[nH]cc(C(=O)c4c(F)ccc(NS(=O)(=O)c5cc(F)ccc5F)c4F)c3c2)cn1. The second-order valence-corrected chi connectivity index (χ2v) is 10.8. The van der Waals surface area contributed by atoms with E-state index >= 15 is 4.39 Å². The van der Waals surface area contributed by atoms with Gasteiger partial charge in [0.15, 0.2) is 5.82 Å². The number of nitrogens with zero attached hydrogens (tertiary/aromatic N) is 3. The largest absolute Gasteiger partial charge is 0.354 e. The normalized spacial score (nSPS) is 11.5. The van der Waals surface area contributed by atoms with Gasteiger partial charge >= 0.3 is 0 Å². The molecule has 0 bridgehead atoms. The van der Waals surface area contributed by atoms with E-state index in [2.05, 4.69) is 32.2 Å². The van der Waals surface area contributed by atoms with Crippen molar-refractivity contribution in [3.8, 4) is 11.1 Å². The lowest BCUT2D eigenvalue weighted by Crippen LogP contribution is -2.17. The Bertz CT molecular complexity index is 1910. The van der Waals surface area contributed by atoms with Crippen LogP contribution in [0.15, 0.2) is 66.1 Å². The van der Waals surface area contributed by atoms with Crippen LogP contribution in [0.1, 0.15) is 35.7 Å². The fraction of sp³-hybridized carbons (Fsp3) is 0.143. The van der Waals surface area contributed by atoms with E-state index in [0.717, 1.165) is 25.5 Å². The fourth-order valence-electron chi connectivity index (χ4n) is 4.15. The number of aromatic amines is 1. The number of hydrogen-bond donors (Lipinski definition) is 3. The third kappa shape index (κ3) is 5.65. The third-order valence-electron chi connectivity index (χ3n) is 6.32. The zero-order chi connectivity index (χ0) is 30.0. The first-order valence-corrected chi connectivity index (χ1v) is 14.1. The molecule has 0 aliphatic heterocycles. The predicted octanol–water partition coefficient (Wildman–Crippen LogP) is 5.82. The Morgan fingerprint density at radius 2 is 1.64 bits per heavy atom. The second kappa shape index (κ2) is 11.6. The number of hydrogen-bond acceptors (Lipinski definition) is 7. The standard InChI is InChI=1S/C28H22F4N6O3S/c1-2-3-8-33-28-36-12-16(13-37-28)15-9-18-19(14-35-27(18)34-11-15)26(39)24-21(31)6-7-22(25(24)32)38-42(40,41)23-10-17(29)4-5-20(23)30/h4-7,9-14,38H,2-3,8H2,1H3,(H,34,35)(H,33,36,37). The number of fused-ring (bicyclic) bond motifs is 1. The number of halogens is 4. The summed E-state index contributed by atoms with van der Waals surface area (Å²) >= 11 is 0. The lowest BCUT2D eigenvalue weighted by molar-refractivity contribution is 0.103. The van der Waals surface area contributed by atoms with Gasteiger partial charge in [-0.1, -0.05) is 13.3 Å². The van der Waals surface area contributed by atoms with Crippen molar-refractivity contribution in [2.24, 2.45) is 0 Å². The molecule has 9 nitrogen and oxygen atoms in total. The molecule has 216 valence electrons. The smallest absolute Gasteiger partial charge is 0.265 e. The van der Waals surface area contributed by atoms with Crippen LogP contribution in [0, 0.1) is 23.3 Å². The monoisotopic (exact) mass is 598 g/mol. The van der Waals surface area contributed by atoms with Crippen molar-refractivity contribution < 1.29 is 30.8 Å². The lowest BCUT2D eigenvalue weighted by atomic mass is 10.0. The Kier molecular flexibility index (Phi) is 7.89. The van der Waals surface area contributed by atoms with Crippen molar-refractivity contribution in [3.63, 3.8) is 0 Å². The van der Waals surface area contributed by atoms with E-state index < -0.39 is 55.2 Å². The number of sulfonamides is 1. The molecule has 42 heavy (non-hydrogen) atoms. The van der Waals surface area contributed by atoms with Gasteiger partial charge in [0.25, 0.3) is 10.0 Å². The van der Waals surface area contributed by atoms with Gasteiger partial charge in [0, 0.05) is 53.4 Å². The first-order valence-electron chi connectivity index (χ1n) is 12.6. The maximum atomic E-state index is 15.5. The number of H-pyrrole nitrogens is 1. The number of carbonyl (C=O) groups excluding carboxylic acids is 1. The van der Waals surface area contributed by atoms with E-state index in [-0.39, 0.29) is 16.6 Å². The average Bonchev–Trinajstić information content (AvgIpc) is 3.40. The number of benzene rings is 2. The highest BCUT2D eigenvalue weighted by atomic mass is 32.2. The molecule has 0 unspecified atom stereocenters. The molecule has 0 amide bonds. The van der Waals surface area contributed by atoms with Crippen LogP contribution in [-0.2, 0) is 10.0 Å². The molecule has 0 atom stereocenters. The van der Waals surface area contributed by atoms with Gasteiger partial charge in [0.05, 0.1) is 11.3 Å². The average molecular weight is 599 g/mol. The first-order chi connectivity index (χ1) is 20.1. The van der Waals surface area contributed by atoms with Crippen LogP contribution in [0.2, 0.25) is 0 Å². The van der Waals surface area contributed by atoms with Crippen molar-refractivity contribution in [2.45, 2.75) is 24.7 Å². The van der Waals surface area contributed by atoms with Crippen molar-refractivity contribution in [2.75, 3.05) is 16.6 Å². The van der Waals surface area contributed by atoms with E-state index in [1.807, 2.05) is 0 Å². The maximum Gasteiger partial charge on any atom is 0.265 e. The summed E-state index contributed by atoms with van der Waals surface area (Å²) in [6.07, 6.45) is 7.83. The first kappa shape index (κ1) is 28.7.